The van der Waals surface area contributed by atoms with Gasteiger partial charge in [-0.25, -0.2) is 8.42 Å². The number of sulfonamides is 1. The van der Waals surface area contributed by atoms with Crippen LogP contribution >= 0.6 is 0 Å². The van der Waals surface area contributed by atoms with E-state index in [0.29, 0.717) is 0 Å². The molecule has 0 aliphatic carbocycles. The molecular formula is C10H23NO3S. The fraction of sp³-hybridized carbons (Fsp3) is 1.00. The van der Waals surface area contributed by atoms with E-state index in [0.717, 1.165) is 0 Å². The van der Waals surface area contributed by atoms with E-state index in [1.807, 2.05) is 13.8 Å². The second-order valence-corrected chi connectivity index (χ2v) is 7.88. The molecule has 0 radical (unpaired) electrons. The van der Waals surface area contributed by atoms with Gasteiger partial charge in [-0.05, 0) is 26.7 Å². The molecule has 0 heterocycles. The maximum absolute atomic E-state index is 12.1. The minimum atomic E-state index is -3.36. The van der Waals surface area contributed by atoms with Crippen LogP contribution in [0.1, 0.15) is 34.6 Å². The van der Waals surface area contributed by atoms with Crippen molar-refractivity contribution < 1.29 is 13.5 Å². The van der Waals surface area contributed by atoms with Gasteiger partial charge in [0.1, 0.15) is 0 Å². The van der Waals surface area contributed by atoms with Gasteiger partial charge in [0, 0.05) is 13.1 Å². The summed E-state index contributed by atoms with van der Waals surface area (Å²) in [5.74, 6) is 0.0946. The zero-order valence-electron chi connectivity index (χ0n) is 10.5. The van der Waals surface area contributed by atoms with E-state index in [1.54, 1.807) is 20.8 Å². The van der Waals surface area contributed by atoms with Crippen LogP contribution in [-0.2, 0) is 10.0 Å². The molecule has 0 saturated heterocycles. The van der Waals surface area contributed by atoms with E-state index in [2.05, 4.69) is 0 Å². The van der Waals surface area contributed by atoms with Gasteiger partial charge in [-0.1, -0.05) is 13.8 Å². The maximum atomic E-state index is 12.1. The van der Waals surface area contributed by atoms with Crippen LogP contribution in [0.2, 0.25) is 0 Å². The van der Waals surface area contributed by atoms with Crippen molar-refractivity contribution in [2.24, 2.45) is 5.92 Å². The average molecular weight is 237 g/mol. The molecule has 1 atom stereocenters. The largest absolute Gasteiger partial charge is 0.395 e. The molecule has 5 heteroatoms. The Bertz CT molecular complexity index is 290. The smallest absolute Gasteiger partial charge is 0.219 e. The topological polar surface area (TPSA) is 57.6 Å². The molecule has 0 aromatic rings. The van der Waals surface area contributed by atoms with Crippen molar-refractivity contribution in [2.45, 2.75) is 45.4 Å². The molecule has 4 nitrogen and oxygen atoms in total. The van der Waals surface area contributed by atoms with Crippen molar-refractivity contribution >= 4 is 10.0 Å². The molecule has 15 heavy (non-hydrogen) atoms. The summed E-state index contributed by atoms with van der Waals surface area (Å²) in [6, 6.07) is -0.353. The number of nitrogens with zero attached hydrogens (tertiary/aromatic N) is 1. The van der Waals surface area contributed by atoms with E-state index < -0.39 is 14.8 Å². The van der Waals surface area contributed by atoms with E-state index >= 15 is 0 Å². The third kappa shape index (κ3) is 3.16. The molecule has 0 unspecified atom stereocenters. The van der Waals surface area contributed by atoms with Crippen LogP contribution in [0.25, 0.3) is 0 Å². The molecule has 0 amide bonds. The van der Waals surface area contributed by atoms with Gasteiger partial charge in [0.05, 0.1) is 11.4 Å². The Labute approximate surface area is 93.3 Å². The van der Waals surface area contributed by atoms with Crippen LogP contribution in [0.4, 0.5) is 0 Å². The summed E-state index contributed by atoms with van der Waals surface area (Å²) in [5, 5.41) is 9.19. The molecule has 0 rings (SSSR count). The lowest BCUT2D eigenvalue weighted by Crippen LogP contribution is -2.49. The average Bonchev–Trinajstić information content (AvgIpc) is 2.02. The Kier molecular flexibility index (Phi) is 4.76. The highest BCUT2D eigenvalue weighted by Crippen LogP contribution is 2.23. The number of rotatable bonds is 4. The molecule has 0 saturated carbocycles. The zero-order chi connectivity index (χ0) is 12.4. The van der Waals surface area contributed by atoms with Gasteiger partial charge in [0.2, 0.25) is 10.0 Å². The fourth-order valence-corrected chi connectivity index (χ4v) is 2.89. The van der Waals surface area contributed by atoms with Crippen LogP contribution < -0.4 is 0 Å². The zero-order valence-corrected chi connectivity index (χ0v) is 11.3. The van der Waals surface area contributed by atoms with E-state index in [-0.39, 0.29) is 18.6 Å². The van der Waals surface area contributed by atoms with Crippen molar-refractivity contribution in [2.75, 3.05) is 13.7 Å². The van der Waals surface area contributed by atoms with Crippen LogP contribution in [0, 0.1) is 5.92 Å². The quantitative estimate of drug-likeness (QED) is 0.795. The summed E-state index contributed by atoms with van der Waals surface area (Å²) >= 11 is 0. The third-order valence-electron chi connectivity index (χ3n) is 2.58. The number of hydrogen-bond acceptors (Lipinski definition) is 3. The maximum Gasteiger partial charge on any atom is 0.219 e. The lowest BCUT2D eigenvalue weighted by Gasteiger charge is -2.34. The highest BCUT2D eigenvalue weighted by Gasteiger charge is 2.37. The minimum Gasteiger partial charge on any atom is -0.395 e. The molecule has 0 aromatic heterocycles. The summed E-state index contributed by atoms with van der Waals surface area (Å²) < 4.78 is 24.6. The second-order valence-electron chi connectivity index (χ2n) is 5.13. The van der Waals surface area contributed by atoms with Crippen molar-refractivity contribution in [3.05, 3.63) is 0 Å². The van der Waals surface area contributed by atoms with Gasteiger partial charge in [-0.15, -0.1) is 0 Å². The Morgan fingerprint density at radius 2 is 1.67 bits per heavy atom. The summed E-state index contributed by atoms with van der Waals surface area (Å²) in [7, 11) is -1.83. The van der Waals surface area contributed by atoms with Gasteiger partial charge < -0.3 is 5.11 Å². The van der Waals surface area contributed by atoms with Gasteiger partial charge in [0.15, 0.2) is 0 Å². The Balaban J connectivity index is 5.08. The molecule has 92 valence electrons. The predicted molar refractivity (Wildman–Crippen MR) is 62.1 cm³/mol. The summed E-state index contributed by atoms with van der Waals surface area (Å²) in [6.07, 6.45) is 0. The van der Waals surface area contributed by atoms with Crippen molar-refractivity contribution in [1.82, 2.24) is 4.31 Å². The van der Waals surface area contributed by atoms with Crippen LogP contribution in [-0.4, -0.2) is 42.3 Å². The monoisotopic (exact) mass is 237 g/mol. The molecule has 0 bridgehead atoms. The fourth-order valence-electron chi connectivity index (χ4n) is 1.36. The first kappa shape index (κ1) is 14.9. The van der Waals surface area contributed by atoms with Crippen molar-refractivity contribution in [3.8, 4) is 0 Å². The number of aliphatic hydroxyl groups excluding tert-OH is 1. The first-order valence-electron chi connectivity index (χ1n) is 5.14. The van der Waals surface area contributed by atoms with Gasteiger partial charge in [0.25, 0.3) is 0 Å². The first-order chi connectivity index (χ1) is 6.55. The Morgan fingerprint density at radius 1 is 1.27 bits per heavy atom. The second kappa shape index (κ2) is 4.80. The third-order valence-corrected chi connectivity index (χ3v) is 5.15. The summed E-state index contributed by atoms with van der Waals surface area (Å²) in [5.41, 5.74) is 0. The highest BCUT2D eigenvalue weighted by atomic mass is 32.2. The molecule has 0 fully saturated rings. The van der Waals surface area contributed by atoms with Gasteiger partial charge in [-0.3, -0.25) is 0 Å². The van der Waals surface area contributed by atoms with Crippen molar-refractivity contribution in [1.29, 1.82) is 0 Å². The first-order valence-corrected chi connectivity index (χ1v) is 6.58. The van der Waals surface area contributed by atoms with Gasteiger partial charge in [-0.2, -0.15) is 4.31 Å². The lowest BCUT2D eigenvalue weighted by atomic mass is 10.1. The molecule has 1 N–H and O–H groups in total. The molecule has 0 aliphatic rings. The minimum absolute atomic E-state index is 0.0946. The van der Waals surface area contributed by atoms with Crippen molar-refractivity contribution in [3.63, 3.8) is 0 Å². The summed E-state index contributed by atoms with van der Waals surface area (Å²) in [4.78, 5) is 0. The molecule has 0 spiro atoms. The van der Waals surface area contributed by atoms with Crippen LogP contribution in [0.5, 0.6) is 0 Å². The number of likely N-dealkylation sites (N-methyl/N-ethyl adjacent to an activating group) is 1. The molecule has 0 aliphatic heterocycles. The summed E-state index contributed by atoms with van der Waals surface area (Å²) in [6.45, 7) is 8.63. The van der Waals surface area contributed by atoms with Gasteiger partial charge >= 0.3 is 0 Å². The predicted octanol–water partition coefficient (Wildman–Crippen LogP) is 1.06. The van der Waals surface area contributed by atoms with E-state index in [9.17, 15) is 13.5 Å². The molecular weight excluding hydrogens is 214 g/mol. The van der Waals surface area contributed by atoms with Crippen LogP contribution in [0.15, 0.2) is 0 Å². The van der Waals surface area contributed by atoms with E-state index in [4.69, 9.17) is 0 Å². The highest BCUT2D eigenvalue weighted by molar-refractivity contribution is 7.90. The van der Waals surface area contributed by atoms with Crippen LogP contribution in [0.3, 0.4) is 0 Å². The lowest BCUT2D eigenvalue weighted by molar-refractivity contribution is 0.165. The normalized spacial score (nSPS) is 16.1. The number of hydrogen-bond donors (Lipinski definition) is 1. The Hall–Kier alpha value is -0.130. The van der Waals surface area contributed by atoms with E-state index in [1.165, 1.54) is 11.4 Å². The molecule has 0 aromatic carbocycles. The SMILES string of the molecule is CC(C)[C@@H](CO)N(C)S(=O)(=O)C(C)(C)C. The standard InChI is InChI=1S/C10H23NO3S/c1-8(2)9(7-12)11(6)15(13,14)10(3,4)5/h8-9,12H,7H2,1-6H3/t9-/m1/s1. The number of aliphatic hydroxyl groups is 1. The Morgan fingerprint density at radius 3 is 1.87 bits per heavy atom.